The molecule has 0 saturated heterocycles. The van der Waals surface area contributed by atoms with Gasteiger partial charge < -0.3 is 14.2 Å². The minimum absolute atomic E-state index is 0.229. The van der Waals surface area contributed by atoms with Gasteiger partial charge in [0.2, 0.25) is 5.95 Å². The van der Waals surface area contributed by atoms with E-state index in [1.807, 2.05) is 23.6 Å². The fourth-order valence-corrected chi connectivity index (χ4v) is 4.07. The van der Waals surface area contributed by atoms with E-state index in [4.69, 9.17) is 9.72 Å². The molecule has 2 aromatic heterocycles. The lowest BCUT2D eigenvalue weighted by molar-refractivity contribution is 0.137. The van der Waals surface area contributed by atoms with Crippen LogP contribution in [0.1, 0.15) is 19.4 Å². The molecule has 0 radical (unpaired) electrons. The third-order valence-corrected chi connectivity index (χ3v) is 5.51. The van der Waals surface area contributed by atoms with Crippen LogP contribution in [0.25, 0.3) is 11.2 Å². The molecule has 1 atom stereocenters. The van der Waals surface area contributed by atoms with Crippen molar-refractivity contribution in [3.8, 4) is 0 Å². The first-order valence-corrected chi connectivity index (χ1v) is 10.0. The van der Waals surface area contributed by atoms with Gasteiger partial charge in [-0.3, -0.25) is 13.9 Å². The molecule has 0 N–H and O–H groups in total. The van der Waals surface area contributed by atoms with E-state index >= 15 is 0 Å². The number of rotatable bonds is 5. The first-order valence-electron chi connectivity index (χ1n) is 10.0. The van der Waals surface area contributed by atoms with E-state index in [-0.39, 0.29) is 17.8 Å². The van der Waals surface area contributed by atoms with Crippen molar-refractivity contribution in [2.75, 3.05) is 24.7 Å². The van der Waals surface area contributed by atoms with Crippen LogP contribution in [0.5, 0.6) is 0 Å². The van der Waals surface area contributed by atoms with E-state index in [1.54, 1.807) is 7.05 Å². The zero-order valence-corrected chi connectivity index (χ0v) is 17.4. The summed E-state index contributed by atoms with van der Waals surface area (Å²) in [6.07, 6.45) is 0. The highest BCUT2D eigenvalue weighted by atomic mass is 16.5. The van der Waals surface area contributed by atoms with Crippen molar-refractivity contribution in [3.63, 3.8) is 0 Å². The molecule has 8 heteroatoms. The van der Waals surface area contributed by atoms with Crippen molar-refractivity contribution in [3.05, 3.63) is 50.7 Å². The lowest BCUT2D eigenvalue weighted by Gasteiger charge is -2.33. The van der Waals surface area contributed by atoms with Crippen molar-refractivity contribution in [2.24, 2.45) is 13.0 Å². The van der Waals surface area contributed by atoms with E-state index in [9.17, 15) is 9.59 Å². The predicted molar refractivity (Wildman–Crippen MR) is 113 cm³/mol. The van der Waals surface area contributed by atoms with Gasteiger partial charge in [0.05, 0.1) is 13.2 Å². The van der Waals surface area contributed by atoms with Crippen LogP contribution < -0.4 is 16.1 Å². The molecule has 0 amide bonds. The highest BCUT2D eigenvalue weighted by molar-refractivity contribution is 5.77. The first-order chi connectivity index (χ1) is 13.9. The smallest absolute Gasteiger partial charge is 0.332 e. The van der Waals surface area contributed by atoms with Crippen LogP contribution in [0.4, 0.5) is 11.6 Å². The minimum atomic E-state index is -0.367. The number of aromatic nitrogens is 4. The Labute approximate surface area is 169 Å². The Kier molecular flexibility index (Phi) is 5.04. The number of imidazole rings is 1. The second-order valence-corrected chi connectivity index (χ2v) is 7.69. The Bertz CT molecular complexity index is 1170. The standard InChI is InChI=1S/C21H27N5O3/c1-5-29-11-10-24-19(27)17-18(23(4)21(24)28)22-20-25(12-14(2)13-26(17)20)16-9-7-6-8-15(16)3/h6-9,14H,5,10-13H2,1-4H3/t14-/m0/s1. The number of benzene rings is 1. The van der Waals surface area contributed by atoms with Crippen LogP contribution >= 0.6 is 0 Å². The van der Waals surface area contributed by atoms with Gasteiger partial charge in [0, 0.05) is 32.4 Å². The summed E-state index contributed by atoms with van der Waals surface area (Å²) in [7, 11) is 1.67. The average Bonchev–Trinajstić information content (AvgIpc) is 3.08. The number of nitrogens with zero attached hydrogens (tertiary/aromatic N) is 5. The summed E-state index contributed by atoms with van der Waals surface area (Å²) >= 11 is 0. The number of hydrogen-bond donors (Lipinski definition) is 0. The highest BCUT2D eigenvalue weighted by Crippen LogP contribution is 2.34. The van der Waals surface area contributed by atoms with E-state index in [0.717, 1.165) is 17.8 Å². The zero-order chi connectivity index (χ0) is 20.7. The normalized spacial score (nSPS) is 16.4. The number of fused-ring (bicyclic) bond motifs is 3. The number of ether oxygens (including phenoxy) is 1. The summed E-state index contributed by atoms with van der Waals surface area (Å²) < 4.78 is 10.0. The van der Waals surface area contributed by atoms with Gasteiger partial charge in [-0.1, -0.05) is 25.1 Å². The van der Waals surface area contributed by atoms with Gasteiger partial charge in [-0.25, -0.2) is 4.79 Å². The molecule has 0 bridgehead atoms. The maximum atomic E-state index is 13.3. The maximum Gasteiger partial charge on any atom is 0.332 e. The highest BCUT2D eigenvalue weighted by Gasteiger charge is 2.30. The van der Waals surface area contributed by atoms with E-state index in [2.05, 4.69) is 30.9 Å². The molecule has 0 fully saturated rings. The van der Waals surface area contributed by atoms with Gasteiger partial charge in [0.15, 0.2) is 11.2 Å². The number of para-hydroxylation sites is 1. The number of anilines is 2. The third kappa shape index (κ3) is 3.17. The van der Waals surface area contributed by atoms with Gasteiger partial charge in [0.25, 0.3) is 5.56 Å². The fraction of sp³-hybridized carbons (Fsp3) is 0.476. The topological polar surface area (TPSA) is 74.3 Å². The SMILES string of the molecule is CCOCCn1c(=O)c2c(nc3n2C[C@@H](C)CN3c2ccccc2C)n(C)c1=O. The van der Waals surface area contributed by atoms with Crippen LogP contribution in [0.3, 0.4) is 0 Å². The molecule has 0 unspecified atom stereocenters. The van der Waals surface area contributed by atoms with Crippen LogP contribution in [0, 0.1) is 12.8 Å². The van der Waals surface area contributed by atoms with Crippen molar-refractivity contribution >= 4 is 22.8 Å². The molecule has 1 aromatic carbocycles. The molecule has 0 spiro atoms. The predicted octanol–water partition coefficient (Wildman–Crippen LogP) is 2.03. The Morgan fingerprint density at radius 1 is 1.21 bits per heavy atom. The molecule has 0 saturated carbocycles. The Hall–Kier alpha value is -2.87. The first kappa shape index (κ1) is 19.4. The Balaban J connectivity index is 1.94. The fourth-order valence-electron chi connectivity index (χ4n) is 4.07. The van der Waals surface area contributed by atoms with E-state index < -0.39 is 0 Å². The summed E-state index contributed by atoms with van der Waals surface area (Å²) in [6, 6.07) is 8.15. The molecule has 4 rings (SSSR count). The number of hydrogen-bond acceptors (Lipinski definition) is 5. The molecule has 3 aromatic rings. The summed E-state index contributed by atoms with van der Waals surface area (Å²) in [5.41, 5.74) is 2.44. The van der Waals surface area contributed by atoms with Gasteiger partial charge >= 0.3 is 5.69 Å². The average molecular weight is 397 g/mol. The number of aryl methyl sites for hydroxylation is 2. The molecule has 0 aliphatic carbocycles. The summed E-state index contributed by atoms with van der Waals surface area (Å²) in [5.74, 6) is 1.04. The monoisotopic (exact) mass is 397 g/mol. The van der Waals surface area contributed by atoms with Crippen molar-refractivity contribution in [1.82, 2.24) is 18.7 Å². The Morgan fingerprint density at radius 2 is 1.97 bits per heavy atom. The molecule has 8 nitrogen and oxygen atoms in total. The Morgan fingerprint density at radius 3 is 2.69 bits per heavy atom. The maximum absolute atomic E-state index is 13.3. The lowest BCUT2D eigenvalue weighted by atomic mass is 10.1. The van der Waals surface area contributed by atoms with Crippen LogP contribution in [-0.4, -0.2) is 38.4 Å². The van der Waals surface area contributed by atoms with Gasteiger partial charge in [-0.15, -0.1) is 0 Å². The molecule has 154 valence electrons. The summed E-state index contributed by atoms with van der Waals surface area (Å²) in [4.78, 5) is 33.0. The van der Waals surface area contributed by atoms with Crippen LogP contribution in [0.15, 0.2) is 33.9 Å². The van der Waals surface area contributed by atoms with Crippen molar-refractivity contribution in [2.45, 2.75) is 33.9 Å². The molecule has 3 heterocycles. The molecular weight excluding hydrogens is 370 g/mol. The molecule has 1 aliphatic heterocycles. The minimum Gasteiger partial charge on any atom is -0.380 e. The zero-order valence-electron chi connectivity index (χ0n) is 17.4. The summed E-state index contributed by atoms with van der Waals surface area (Å²) in [6.45, 7) is 8.71. The molecular formula is C21H27N5O3. The largest absolute Gasteiger partial charge is 0.380 e. The van der Waals surface area contributed by atoms with Crippen molar-refractivity contribution in [1.29, 1.82) is 0 Å². The van der Waals surface area contributed by atoms with E-state index in [1.165, 1.54) is 9.13 Å². The second-order valence-electron chi connectivity index (χ2n) is 7.69. The van der Waals surface area contributed by atoms with Crippen LogP contribution in [0.2, 0.25) is 0 Å². The molecule has 1 aliphatic rings. The van der Waals surface area contributed by atoms with Gasteiger partial charge in [-0.2, -0.15) is 4.98 Å². The van der Waals surface area contributed by atoms with Crippen LogP contribution in [-0.2, 0) is 24.9 Å². The quantitative estimate of drug-likeness (QED) is 0.616. The third-order valence-electron chi connectivity index (χ3n) is 5.51. The van der Waals surface area contributed by atoms with Gasteiger partial charge in [-0.05, 0) is 31.4 Å². The van der Waals surface area contributed by atoms with Crippen molar-refractivity contribution < 1.29 is 4.74 Å². The molecule has 29 heavy (non-hydrogen) atoms. The lowest BCUT2D eigenvalue weighted by Crippen LogP contribution is -2.41. The van der Waals surface area contributed by atoms with E-state index in [0.29, 0.717) is 42.8 Å². The second kappa shape index (κ2) is 7.51. The van der Waals surface area contributed by atoms with Gasteiger partial charge in [0.1, 0.15) is 0 Å². The summed E-state index contributed by atoms with van der Waals surface area (Å²) in [5, 5.41) is 0.